The zero-order valence-corrected chi connectivity index (χ0v) is 25.6. The Bertz CT molecular complexity index is 1610. The number of esters is 1. The predicted molar refractivity (Wildman–Crippen MR) is 163 cm³/mol. The number of anilines is 1. The van der Waals surface area contributed by atoms with Crippen LogP contribution in [0.3, 0.4) is 0 Å². The molecule has 228 valence electrons. The molecule has 1 aliphatic rings. The topological polar surface area (TPSA) is 149 Å². The maximum atomic E-state index is 13.7. The van der Waals surface area contributed by atoms with Crippen LogP contribution in [-0.2, 0) is 26.0 Å². The lowest BCUT2D eigenvalue weighted by molar-refractivity contribution is -0.385. The molecule has 0 aliphatic carbocycles. The van der Waals surface area contributed by atoms with E-state index in [1.165, 1.54) is 0 Å². The van der Waals surface area contributed by atoms with Gasteiger partial charge in [-0.05, 0) is 54.0 Å². The van der Waals surface area contributed by atoms with Crippen molar-refractivity contribution in [2.24, 2.45) is 5.41 Å². The molecule has 1 aliphatic heterocycles. The van der Waals surface area contributed by atoms with Crippen molar-refractivity contribution >= 4 is 27.4 Å². The number of aromatic nitrogens is 1. The molecule has 0 bridgehead atoms. The first-order chi connectivity index (χ1) is 20.2. The van der Waals surface area contributed by atoms with Crippen LogP contribution >= 0.6 is 0 Å². The number of nitro groups is 1. The minimum atomic E-state index is -4.17. The quantitative estimate of drug-likeness (QED) is 0.137. The van der Waals surface area contributed by atoms with Gasteiger partial charge >= 0.3 is 5.97 Å². The van der Waals surface area contributed by atoms with Crippen LogP contribution in [0.25, 0.3) is 0 Å². The third-order valence-electron chi connectivity index (χ3n) is 7.58. The van der Waals surface area contributed by atoms with Gasteiger partial charge in [-0.3, -0.25) is 14.8 Å². The fourth-order valence-electron chi connectivity index (χ4n) is 5.69. The molecule has 2 atom stereocenters. The Labute approximate surface area is 252 Å². The first-order valence-corrected chi connectivity index (χ1v) is 15.7. The molecule has 0 saturated heterocycles. The van der Waals surface area contributed by atoms with E-state index in [0.29, 0.717) is 24.8 Å². The lowest BCUT2D eigenvalue weighted by Crippen LogP contribution is -2.43. The smallest absolute Gasteiger partial charge is 0.338 e. The number of sulfonamides is 1. The van der Waals surface area contributed by atoms with Crippen LogP contribution in [0.4, 0.5) is 11.4 Å². The molecule has 2 aromatic carbocycles. The van der Waals surface area contributed by atoms with Gasteiger partial charge in [0.05, 0.1) is 10.5 Å². The third-order valence-corrected chi connectivity index (χ3v) is 8.88. The standard InChI is InChI=1S/C32H37N3O7S/c1-5-17-32(18-16-22-10-7-6-8-11-22)20-26(36)28(30(37)42-32)29(31(2,3)4)23-12-9-13-24(19-23)34-43(40,41)27-15-14-25(21-33-27)35(38)39/h6-15,19,21,29,34,36H,5,16-18,20H2,1-4H3. The number of nitrogens with one attached hydrogen (secondary N) is 1. The Morgan fingerprint density at radius 1 is 1.09 bits per heavy atom. The summed E-state index contributed by atoms with van der Waals surface area (Å²) in [6.45, 7) is 7.83. The summed E-state index contributed by atoms with van der Waals surface area (Å²) in [5.74, 6) is -1.21. The zero-order valence-electron chi connectivity index (χ0n) is 24.7. The van der Waals surface area contributed by atoms with Gasteiger partial charge in [-0.15, -0.1) is 0 Å². The SMILES string of the molecule is CCCC1(CCc2ccccc2)CC(O)=C(C(c2cccc(NS(=O)(=O)c3ccc([N+](=O)[O-])cn3)c2)C(C)(C)C)C(=O)O1. The molecular formula is C32H37N3O7S. The van der Waals surface area contributed by atoms with E-state index in [9.17, 15) is 28.4 Å². The molecule has 0 spiro atoms. The van der Waals surface area contributed by atoms with Crippen LogP contribution < -0.4 is 4.72 Å². The van der Waals surface area contributed by atoms with Gasteiger partial charge in [-0.2, -0.15) is 8.42 Å². The monoisotopic (exact) mass is 607 g/mol. The fourth-order valence-corrected chi connectivity index (χ4v) is 6.68. The van der Waals surface area contributed by atoms with E-state index in [0.717, 1.165) is 30.3 Å². The third kappa shape index (κ3) is 7.40. The number of pyridine rings is 1. The van der Waals surface area contributed by atoms with Crippen LogP contribution in [0.15, 0.2) is 89.3 Å². The number of aryl methyl sites for hydroxylation is 1. The van der Waals surface area contributed by atoms with Crippen LogP contribution in [0, 0.1) is 15.5 Å². The molecule has 0 fully saturated rings. The number of hydrogen-bond acceptors (Lipinski definition) is 8. The van der Waals surface area contributed by atoms with Crippen molar-refractivity contribution in [2.75, 3.05) is 4.72 Å². The molecule has 3 aromatic rings. The van der Waals surface area contributed by atoms with E-state index in [1.807, 2.05) is 58.0 Å². The number of carbonyl (C=O) groups is 1. The van der Waals surface area contributed by atoms with Crippen LogP contribution in [0.1, 0.15) is 70.4 Å². The number of nitrogens with zero attached hydrogens (tertiary/aromatic N) is 2. The number of ether oxygens (including phenoxy) is 1. The van der Waals surface area contributed by atoms with Crippen molar-refractivity contribution in [1.29, 1.82) is 0 Å². The molecule has 0 radical (unpaired) electrons. The Kier molecular flexibility index (Phi) is 9.24. The average Bonchev–Trinajstić information content (AvgIpc) is 2.94. The minimum Gasteiger partial charge on any atom is -0.512 e. The Hall–Kier alpha value is -4.25. The van der Waals surface area contributed by atoms with Crippen LogP contribution in [0.2, 0.25) is 0 Å². The van der Waals surface area contributed by atoms with Gasteiger partial charge in [-0.25, -0.2) is 9.78 Å². The summed E-state index contributed by atoms with van der Waals surface area (Å²) < 4.78 is 34.6. The maximum Gasteiger partial charge on any atom is 0.338 e. The largest absolute Gasteiger partial charge is 0.512 e. The molecule has 2 unspecified atom stereocenters. The summed E-state index contributed by atoms with van der Waals surface area (Å²) in [6.07, 6.45) is 3.73. The zero-order chi connectivity index (χ0) is 31.4. The van der Waals surface area contributed by atoms with Gasteiger partial charge in [0.2, 0.25) is 0 Å². The first-order valence-electron chi connectivity index (χ1n) is 14.2. The molecule has 4 rings (SSSR count). The molecule has 10 nitrogen and oxygen atoms in total. The summed E-state index contributed by atoms with van der Waals surface area (Å²) in [5, 5.41) is 22.0. The summed E-state index contributed by atoms with van der Waals surface area (Å²) in [4.78, 5) is 27.7. The molecule has 2 N–H and O–H groups in total. The van der Waals surface area contributed by atoms with Crippen LogP contribution in [-0.4, -0.2) is 35.0 Å². The van der Waals surface area contributed by atoms with Crippen LogP contribution in [0.5, 0.6) is 0 Å². The van der Waals surface area contributed by atoms with Gasteiger partial charge < -0.3 is 9.84 Å². The second-order valence-corrected chi connectivity index (χ2v) is 13.6. The maximum absolute atomic E-state index is 13.7. The van der Waals surface area contributed by atoms with Crippen molar-refractivity contribution in [3.63, 3.8) is 0 Å². The number of cyclic esters (lactones) is 1. The highest BCUT2D eigenvalue weighted by molar-refractivity contribution is 7.92. The minimum absolute atomic E-state index is 0.0150. The van der Waals surface area contributed by atoms with Crippen molar-refractivity contribution in [3.05, 3.63) is 106 Å². The summed E-state index contributed by atoms with van der Waals surface area (Å²) in [5.41, 5.74) is 0.385. The fraction of sp³-hybridized carbons (Fsp3) is 0.375. The number of hydrogen-bond donors (Lipinski definition) is 2. The Morgan fingerprint density at radius 2 is 1.81 bits per heavy atom. The van der Waals surface area contributed by atoms with Gasteiger partial charge in [-0.1, -0.05) is 76.6 Å². The first kappa shape index (κ1) is 31.7. The van der Waals surface area contributed by atoms with Gasteiger partial charge in [0.25, 0.3) is 15.7 Å². The van der Waals surface area contributed by atoms with Crippen molar-refractivity contribution < 1.29 is 28.0 Å². The normalized spacial score (nSPS) is 18.2. The van der Waals surface area contributed by atoms with Gasteiger partial charge in [0, 0.05) is 24.1 Å². The lowest BCUT2D eigenvalue weighted by Gasteiger charge is -2.41. The van der Waals surface area contributed by atoms with Crippen molar-refractivity contribution in [3.8, 4) is 0 Å². The van der Waals surface area contributed by atoms with Crippen molar-refractivity contribution in [1.82, 2.24) is 4.98 Å². The molecule has 1 aromatic heterocycles. The molecule has 11 heteroatoms. The highest BCUT2D eigenvalue weighted by Gasteiger charge is 2.46. The molecule has 0 amide bonds. The highest BCUT2D eigenvalue weighted by atomic mass is 32.2. The van der Waals surface area contributed by atoms with E-state index in [-0.39, 0.29) is 34.2 Å². The second-order valence-electron chi connectivity index (χ2n) is 12.0. The van der Waals surface area contributed by atoms with E-state index in [2.05, 4.69) is 9.71 Å². The van der Waals surface area contributed by atoms with Gasteiger partial charge in [0.15, 0.2) is 5.03 Å². The number of benzene rings is 2. The number of aliphatic hydroxyl groups is 1. The van der Waals surface area contributed by atoms with E-state index in [4.69, 9.17) is 4.74 Å². The summed E-state index contributed by atoms with van der Waals surface area (Å²) >= 11 is 0. The summed E-state index contributed by atoms with van der Waals surface area (Å²) in [7, 11) is -4.17. The average molecular weight is 608 g/mol. The van der Waals surface area contributed by atoms with Crippen molar-refractivity contribution in [2.45, 2.75) is 76.3 Å². The Balaban J connectivity index is 1.65. The van der Waals surface area contributed by atoms with E-state index >= 15 is 0 Å². The Morgan fingerprint density at radius 3 is 2.40 bits per heavy atom. The molecule has 43 heavy (non-hydrogen) atoms. The number of aliphatic hydroxyl groups excluding tert-OH is 1. The number of rotatable bonds is 11. The predicted octanol–water partition coefficient (Wildman–Crippen LogP) is 6.85. The number of carbonyl (C=O) groups excluding carboxylic acids is 1. The second kappa shape index (κ2) is 12.5. The highest BCUT2D eigenvalue weighted by Crippen LogP contribution is 2.47. The van der Waals surface area contributed by atoms with E-state index < -0.39 is 37.8 Å². The molecular weight excluding hydrogens is 570 g/mol. The van der Waals surface area contributed by atoms with Gasteiger partial charge in [0.1, 0.15) is 17.6 Å². The van der Waals surface area contributed by atoms with E-state index in [1.54, 1.807) is 24.3 Å². The molecule has 2 heterocycles. The lowest BCUT2D eigenvalue weighted by atomic mass is 9.70. The molecule has 0 saturated carbocycles. The summed E-state index contributed by atoms with van der Waals surface area (Å²) in [6, 6.07) is 18.6.